The average molecular weight is 284 g/mol. The molecule has 0 saturated heterocycles. The summed E-state index contributed by atoms with van der Waals surface area (Å²) in [6.45, 7) is 8.46. The number of rotatable bonds is 12. The molecular formula is C13H24N4O3. The molecule has 1 aromatic rings. The standard InChI is InChI=1S/C13H24N4O3/c1-3-4-14-5-7-19-9-10-20-8-6-17-11-13(12(2)18)15-16-17/h11,14H,3-10H2,1-2H3. The van der Waals surface area contributed by atoms with Crippen LogP contribution in [0.4, 0.5) is 0 Å². The van der Waals surface area contributed by atoms with Crippen molar-refractivity contribution in [3.63, 3.8) is 0 Å². The molecule has 0 radical (unpaired) electrons. The summed E-state index contributed by atoms with van der Waals surface area (Å²) >= 11 is 0. The monoisotopic (exact) mass is 284 g/mol. The van der Waals surface area contributed by atoms with E-state index in [4.69, 9.17) is 9.47 Å². The minimum atomic E-state index is -0.0812. The lowest BCUT2D eigenvalue weighted by atomic mass is 10.3. The summed E-state index contributed by atoms with van der Waals surface area (Å²) in [7, 11) is 0. The van der Waals surface area contributed by atoms with E-state index in [2.05, 4.69) is 22.6 Å². The highest BCUT2D eigenvalue weighted by Crippen LogP contribution is 1.94. The van der Waals surface area contributed by atoms with Crippen LogP contribution >= 0.6 is 0 Å². The van der Waals surface area contributed by atoms with E-state index in [0.29, 0.717) is 38.7 Å². The van der Waals surface area contributed by atoms with Gasteiger partial charge in [-0.3, -0.25) is 4.79 Å². The Hall–Kier alpha value is -1.31. The lowest BCUT2D eigenvalue weighted by Gasteiger charge is -2.06. The van der Waals surface area contributed by atoms with Crippen molar-refractivity contribution in [3.8, 4) is 0 Å². The van der Waals surface area contributed by atoms with Gasteiger partial charge in [0.25, 0.3) is 0 Å². The zero-order valence-corrected chi connectivity index (χ0v) is 12.3. The van der Waals surface area contributed by atoms with E-state index < -0.39 is 0 Å². The number of nitrogens with zero attached hydrogens (tertiary/aromatic N) is 3. The first-order chi connectivity index (χ1) is 9.74. The summed E-state index contributed by atoms with van der Waals surface area (Å²) in [4.78, 5) is 11.0. The molecule has 0 aliphatic rings. The molecule has 0 bridgehead atoms. The minimum absolute atomic E-state index is 0.0812. The molecule has 114 valence electrons. The molecule has 0 aromatic carbocycles. The van der Waals surface area contributed by atoms with Crippen LogP contribution < -0.4 is 5.32 Å². The first-order valence-electron chi connectivity index (χ1n) is 7.01. The highest BCUT2D eigenvalue weighted by atomic mass is 16.5. The fourth-order valence-corrected chi connectivity index (χ4v) is 1.50. The van der Waals surface area contributed by atoms with Crippen LogP contribution in [0.15, 0.2) is 6.20 Å². The normalized spacial score (nSPS) is 10.9. The summed E-state index contributed by atoms with van der Waals surface area (Å²) in [5.41, 5.74) is 0.382. The summed E-state index contributed by atoms with van der Waals surface area (Å²) < 4.78 is 12.4. The zero-order valence-electron chi connectivity index (χ0n) is 12.3. The van der Waals surface area contributed by atoms with Crippen molar-refractivity contribution in [1.29, 1.82) is 0 Å². The Morgan fingerprint density at radius 2 is 2.00 bits per heavy atom. The second-order valence-corrected chi connectivity index (χ2v) is 4.40. The molecule has 0 saturated carbocycles. The number of nitrogens with one attached hydrogen (secondary N) is 1. The lowest BCUT2D eigenvalue weighted by Crippen LogP contribution is -2.21. The molecule has 7 heteroatoms. The van der Waals surface area contributed by atoms with E-state index in [0.717, 1.165) is 19.5 Å². The molecule has 0 atom stereocenters. The summed E-state index contributed by atoms with van der Waals surface area (Å²) in [5.74, 6) is -0.0812. The zero-order chi connectivity index (χ0) is 14.6. The summed E-state index contributed by atoms with van der Waals surface area (Å²) in [6.07, 6.45) is 2.76. The third kappa shape index (κ3) is 7.32. The van der Waals surface area contributed by atoms with Gasteiger partial charge >= 0.3 is 0 Å². The van der Waals surface area contributed by atoms with E-state index in [-0.39, 0.29) is 5.78 Å². The third-order valence-corrected chi connectivity index (χ3v) is 2.59. The Morgan fingerprint density at radius 3 is 2.65 bits per heavy atom. The van der Waals surface area contributed by atoms with Gasteiger partial charge in [0.05, 0.1) is 39.2 Å². The van der Waals surface area contributed by atoms with Crippen LogP contribution in [0.2, 0.25) is 0 Å². The van der Waals surface area contributed by atoms with Gasteiger partial charge in [-0.25, -0.2) is 4.68 Å². The van der Waals surface area contributed by atoms with Gasteiger partial charge in [-0.2, -0.15) is 0 Å². The van der Waals surface area contributed by atoms with Crippen molar-refractivity contribution in [2.45, 2.75) is 26.8 Å². The van der Waals surface area contributed by atoms with E-state index in [1.807, 2.05) is 0 Å². The molecular weight excluding hydrogens is 260 g/mol. The van der Waals surface area contributed by atoms with Crippen molar-refractivity contribution < 1.29 is 14.3 Å². The van der Waals surface area contributed by atoms with Gasteiger partial charge in [0.15, 0.2) is 5.78 Å². The topological polar surface area (TPSA) is 78.3 Å². The maximum Gasteiger partial charge on any atom is 0.181 e. The molecule has 0 fully saturated rings. The van der Waals surface area contributed by atoms with Crippen LogP contribution in [0, 0.1) is 0 Å². The quantitative estimate of drug-likeness (QED) is 0.445. The maximum atomic E-state index is 11.0. The number of Topliss-reactive ketones (excluding diaryl/α,β-unsaturated/α-hetero) is 1. The van der Waals surface area contributed by atoms with Gasteiger partial charge in [-0.05, 0) is 13.0 Å². The Morgan fingerprint density at radius 1 is 1.25 bits per heavy atom. The van der Waals surface area contributed by atoms with Crippen molar-refractivity contribution in [2.24, 2.45) is 0 Å². The first kappa shape index (κ1) is 16.7. The van der Waals surface area contributed by atoms with Gasteiger partial charge in [-0.15, -0.1) is 5.10 Å². The smallest absolute Gasteiger partial charge is 0.181 e. The number of hydrogen-bond donors (Lipinski definition) is 1. The Bertz CT molecular complexity index is 381. The van der Waals surface area contributed by atoms with Crippen LogP contribution in [0.5, 0.6) is 0 Å². The molecule has 1 heterocycles. The predicted octanol–water partition coefficient (Wildman–Crippen LogP) is 0.513. The van der Waals surface area contributed by atoms with E-state index in [1.165, 1.54) is 6.92 Å². The maximum absolute atomic E-state index is 11.0. The molecule has 20 heavy (non-hydrogen) atoms. The second kappa shape index (κ2) is 10.5. The number of aromatic nitrogens is 3. The lowest BCUT2D eigenvalue weighted by molar-refractivity contribution is 0.0449. The average Bonchev–Trinajstić information content (AvgIpc) is 2.90. The van der Waals surface area contributed by atoms with Gasteiger partial charge < -0.3 is 14.8 Å². The van der Waals surface area contributed by atoms with E-state index in [9.17, 15) is 4.79 Å². The van der Waals surface area contributed by atoms with Crippen LogP contribution in [0.1, 0.15) is 30.8 Å². The highest BCUT2D eigenvalue weighted by molar-refractivity contribution is 5.91. The second-order valence-electron chi connectivity index (χ2n) is 4.40. The van der Waals surface area contributed by atoms with Crippen LogP contribution in [-0.4, -0.2) is 60.3 Å². The molecule has 0 amide bonds. The largest absolute Gasteiger partial charge is 0.378 e. The molecule has 1 aromatic heterocycles. The Labute approximate surface area is 119 Å². The SMILES string of the molecule is CCCNCCOCCOCCn1cc(C(C)=O)nn1. The highest BCUT2D eigenvalue weighted by Gasteiger charge is 2.04. The van der Waals surface area contributed by atoms with Crippen molar-refractivity contribution in [3.05, 3.63) is 11.9 Å². The number of ether oxygens (including phenoxy) is 2. The number of hydrogen-bond acceptors (Lipinski definition) is 6. The molecule has 0 aliphatic carbocycles. The van der Waals surface area contributed by atoms with Crippen molar-refractivity contribution >= 4 is 5.78 Å². The summed E-state index contributed by atoms with van der Waals surface area (Å²) in [5, 5.41) is 10.9. The Balaban J connectivity index is 1.93. The number of carbonyl (C=O) groups excluding carboxylic acids is 1. The van der Waals surface area contributed by atoms with Gasteiger partial charge in [0.1, 0.15) is 5.69 Å². The molecule has 0 unspecified atom stereocenters. The minimum Gasteiger partial charge on any atom is -0.378 e. The molecule has 1 N–H and O–H groups in total. The summed E-state index contributed by atoms with van der Waals surface area (Å²) in [6, 6.07) is 0. The van der Waals surface area contributed by atoms with Crippen molar-refractivity contribution in [2.75, 3.05) is 39.5 Å². The van der Waals surface area contributed by atoms with Crippen molar-refractivity contribution in [1.82, 2.24) is 20.3 Å². The van der Waals surface area contributed by atoms with Crippen LogP contribution in [-0.2, 0) is 16.0 Å². The molecule has 7 nitrogen and oxygen atoms in total. The number of carbonyl (C=O) groups is 1. The Kier molecular flexibility index (Phi) is 8.77. The fourth-order valence-electron chi connectivity index (χ4n) is 1.50. The first-order valence-corrected chi connectivity index (χ1v) is 7.01. The van der Waals surface area contributed by atoms with Crippen LogP contribution in [0.3, 0.4) is 0 Å². The van der Waals surface area contributed by atoms with Crippen LogP contribution in [0.25, 0.3) is 0 Å². The number of ketones is 1. The molecule has 1 rings (SSSR count). The van der Waals surface area contributed by atoms with Gasteiger partial charge in [0, 0.05) is 13.5 Å². The fraction of sp³-hybridized carbons (Fsp3) is 0.769. The molecule has 0 spiro atoms. The third-order valence-electron chi connectivity index (χ3n) is 2.59. The predicted molar refractivity (Wildman–Crippen MR) is 74.8 cm³/mol. The van der Waals surface area contributed by atoms with E-state index in [1.54, 1.807) is 10.9 Å². The van der Waals surface area contributed by atoms with E-state index >= 15 is 0 Å². The van der Waals surface area contributed by atoms with Gasteiger partial charge in [0.2, 0.25) is 0 Å². The van der Waals surface area contributed by atoms with Gasteiger partial charge in [-0.1, -0.05) is 12.1 Å². The molecule has 0 aliphatic heterocycles.